The van der Waals surface area contributed by atoms with Crippen molar-refractivity contribution in [3.63, 3.8) is 0 Å². The molecule has 2 N–H and O–H groups in total. The maximum Gasteiger partial charge on any atom is 0.305 e. The zero-order chi connectivity index (χ0) is 18.2. The molecule has 0 saturated carbocycles. The van der Waals surface area contributed by atoms with Crippen molar-refractivity contribution >= 4 is 11.9 Å². The Morgan fingerprint density at radius 1 is 1.12 bits per heavy atom. The highest BCUT2D eigenvalue weighted by Gasteiger charge is 2.29. The summed E-state index contributed by atoms with van der Waals surface area (Å²) in [5.74, 6) is 0.0738. The number of nitrogens with one attached hydrogen (secondary N) is 1. The molecule has 7 heteroatoms. The van der Waals surface area contributed by atoms with E-state index in [1.807, 2.05) is 12.1 Å². The number of ether oxygens (including phenoxy) is 3. The predicted octanol–water partition coefficient (Wildman–Crippen LogP) is 1.63. The summed E-state index contributed by atoms with van der Waals surface area (Å²) in [7, 11) is 4.59. The Morgan fingerprint density at radius 2 is 1.71 bits per heavy atom. The minimum atomic E-state index is -0.993. The number of hydrogen-bond donors (Lipinski definition) is 2. The number of methoxy groups -OCH3 is 3. The number of aryl methyl sites for hydroxylation is 1. The second-order valence-electron chi connectivity index (χ2n) is 5.83. The van der Waals surface area contributed by atoms with Crippen LogP contribution in [-0.4, -0.2) is 50.5 Å². The van der Waals surface area contributed by atoms with Crippen LogP contribution >= 0.6 is 0 Å². The van der Waals surface area contributed by atoms with Gasteiger partial charge < -0.3 is 24.6 Å². The van der Waals surface area contributed by atoms with Crippen LogP contribution in [0.5, 0.6) is 11.5 Å². The SMILES string of the molecule is COCC(C)(CC(=O)O)NC(=O)CCc1cc(OC)cc(OC)c1. The molecule has 0 heterocycles. The lowest BCUT2D eigenvalue weighted by Crippen LogP contribution is -2.50. The first-order chi connectivity index (χ1) is 11.3. The van der Waals surface area contributed by atoms with E-state index in [1.54, 1.807) is 27.2 Å². The number of rotatable bonds is 10. The Kier molecular flexibility index (Phi) is 7.51. The van der Waals surface area contributed by atoms with Gasteiger partial charge in [-0.05, 0) is 31.0 Å². The third-order valence-corrected chi connectivity index (χ3v) is 3.50. The van der Waals surface area contributed by atoms with E-state index >= 15 is 0 Å². The molecule has 134 valence electrons. The number of carbonyl (C=O) groups is 2. The van der Waals surface area contributed by atoms with Gasteiger partial charge in [0.2, 0.25) is 5.91 Å². The van der Waals surface area contributed by atoms with E-state index in [2.05, 4.69) is 5.32 Å². The van der Waals surface area contributed by atoms with Crippen LogP contribution in [0.25, 0.3) is 0 Å². The molecule has 1 atom stereocenters. The van der Waals surface area contributed by atoms with Gasteiger partial charge in [0.15, 0.2) is 0 Å². The van der Waals surface area contributed by atoms with Crippen molar-refractivity contribution in [3.05, 3.63) is 23.8 Å². The summed E-state index contributed by atoms with van der Waals surface area (Å²) in [6.45, 7) is 1.77. The lowest BCUT2D eigenvalue weighted by Gasteiger charge is -2.28. The Balaban J connectivity index is 2.69. The van der Waals surface area contributed by atoms with Crippen molar-refractivity contribution in [1.82, 2.24) is 5.32 Å². The molecule has 0 bridgehead atoms. The van der Waals surface area contributed by atoms with Crippen molar-refractivity contribution in [2.24, 2.45) is 0 Å². The van der Waals surface area contributed by atoms with Crippen LogP contribution in [0.4, 0.5) is 0 Å². The first kappa shape index (κ1) is 19.8. The third kappa shape index (κ3) is 6.45. The fourth-order valence-corrected chi connectivity index (χ4v) is 2.45. The summed E-state index contributed by atoms with van der Waals surface area (Å²) >= 11 is 0. The van der Waals surface area contributed by atoms with Gasteiger partial charge in [0.25, 0.3) is 0 Å². The standard InChI is InChI=1S/C17H25NO6/c1-17(11-22-2,10-16(20)21)18-15(19)6-5-12-7-13(23-3)9-14(8-12)24-4/h7-9H,5-6,10-11H2,1-4H3,(H,18,19)(H,20,21). The largest absolute Gasteiger partial charge is 0.497 e. The number of benzene rings is 1. The van der Waals surface area contributed by atoms with E-state index in [0.29, 0.717) is 17.9 Å². The molecule has 0 aliphatic heterocycles. The van der Waals surface area contributed by atoms with Crippen LogP contribution in [0.3, 0.4) is 0 Å². The van der Waals surface area contributed by atoms with Crippen molar-refractivity contribution in [3.8, 4) is 11.5 Å². The van der Waals surface area contributed by atoms with E-state index in [4.69, 9.17) is 19.3 Å². The first-order valence-corrected chi connectivity index (χ1v) is 7.55. The van der Waals surface area contributed by atoms with Crippen molar-refractivity contribution in [2.45, 2.75) is 31.7 Å². The molecule has 24 heavy (non-hydrogen) atoms. The van der Waals surface area contributed by atoms with Gasteiger partial charge in [-0.1, -0.05) is 0 Å². The maximum atomic E-state index is 12.2. The summed E-state index contributed by atoms with van der Waals surface area (Å²) in [6, 6.07) is 5.43. The number of amides is 1. The number of aliphatic carboxylic acids is 1. The quantitative estimate of drug-likeness (QED) is 0.673. The molecule has 0 aliphatic rings. The molecule has 1 aromatic rings. The topological polar surface area (TPSA) is 94.1 Å². The van der Waals surface area contributed by atoms with Crippen LogP contribution in [-0.2, 0) is 20.7 Å². The molecule has 0 radical (unpaired) electrons. The molecular weight excluding hydrogens is 314 g/mol. The van der Waals surface area contributed by atoms with E-state index in [0.717, 1.165) is 5.56 Å². The first-order valence-electron chi connectivity index (χ1n) is 7.55. The van der Waals surface area contributed by atoms with Crippen molar-refractivity contribution < 1.29 is 28.9 Å². The third-order valence-electron chi connectivity index (χ3n) is 3.50. The highest BCUT2D eigenvalue weighted by atomic mass is 16.5. The molecule has 1 aromatic carbocycles. The Hall–Kier alpha value is -2.28. The van der Waals surface area contributed by atoms with Crippen LogP contribution in [0.1, 0.15) is 25.3 Å². The predicted molar refractivity (Wildman–Crippen MR) is 88.5 cm³/mol. The average Bonchev–Trinajstić information content (AvgIpc) is 2.51. The number of hydrogen-bond acceptors (Lipinski definition) is 5. The molecule has 1 unspecified atom stereocenters. The summed E-state index contributed by atoms with van der Waals surface area (Å²) in [5.41, 5.74) is -0.0444. The highest BCUT2D eigenvalue weighted by molar-refractivity contribution is 5.78. The summed E-state index contributed by atoms with van der Waals surface area (Å²) in [6.07, 6.45) is 0.490. The van der Waals surface area contributed by atoms with Gasteiger partial charge in [0.1, 0.15) is 11.5 Å². The van der Waals surface area contributed by atoms with Gasteiger partial charge in [-0.3, -0.25) is 9.59 Å². The van der Waals surface area contributed by atoms with Crippen LogP contribution < -0.4 is 14.8 Å². The van der Waals surface area contributed by atoms with Crippen LogP contribution in [0.2, 0.25) is 0 Å². The van der Waals surface area contributed by atoms with Gasteiger partial charge >= 0.3 is 5.97 Å². The molecule has 1 amide bonds. The number of carboxylic acids is 1. The fraction of sp³-hybridized carbons (Fsp3) is 0.529. The van der Waals surface area contributed by atoms with E-state index < -0.39 is 11.5 Å². The molecular formula is C17H25NO6. The highest BCUT2D eigenvalue weighted by Crippen LogP contribution is 2.23. The maximum absolute atomic E-state index is 12.2. The lowest BCUT2D eigenvalue weighted by molar-refractivity contribution is -0.139. The minimum absolute atomic E-state index is 0.123. The molecule has 1 rings (SSSR count). The number of carboxylic acid groups (broad SMARTS) is 1. The van der Waals surface area contributed by atoms with E-state index in [9.17, 15) is 9.59 Å². The van der Waals surface area contributed by atoms with E-state index in [1.165, 1.54) is 7.11 Å². The smallest absolute Gasteiger partial charge is 0.305 e. The molecule has 0 spiro atoms. The second-order valence-corrected chi connectivity index (χ2v) is 5.83. The van der Waals surface area contributed by atoms with Crippen LogP contribution in [0.15, 0.2) is 18.2 Å². The Labute approximate surface area is 141 Å². The van der Waals surface area contributed by atoms with Gasteiger partial charge in [-0.15, -0.1) is 0 Å². The minimum Gasteiger partial charge on any atom is -0.497 e. The summed E-state index contributed by atoms with van der Waals surface area (Å²) in [5, 5.41) is 11.7. The lowest BCUT2D eigenvalue weighted by atomic mass is 9.98. The molecule has 0 saturated heterocycles. The van der Waals surface area contributed by atoms with Crippen molar-refractivity contribution in [2.75, 3.05) is 27.9 Å². The average molecular weight is 339 g/mol. The molecule has 0 fully saturated rings. The van der Waals surface area contributed by atoms with Crippen molar-refractivity contribution in [1.29, 1.82) is 0 Å². The summed E-state index contributed by atoms with van der Waals surface area (Å²) in [4.78, 5) is 23.1. The molecule has 7 nitrogen and oxygen atoms in total. The second kappa shape index (κ2) is 9.12. The zero-order valence-electron chi connectivity index (χ0n) is 14.5. The van der Waals surface area contributed by atoms with E-state index in [-0.39, 0.29) is 25.4 Å². The number of carbonyl (C=O) groups excluding carboxylic acids is 1. The fourth-order valence-electron chi connectivity index (χ4n) is 2.45. The molecule has 0 aromatic heterocycles. The zero-order valence-corrected chi connectivity index (χ0v) is 14.5. The van der Waals surface area contributed by atoms with Gasteiger partial charge in [0.05, 0.1) is 32.8 Å². The Morgan fingerprint density at radius 3 is 2.17 bits per heavy atom. The Bertz CT molecular complexity index is 552. The molecule has 0 aliphatic carbocycles. The van der Waals surface area contributed by atoms with Crippen LogP contribution in [0, 0.1) is 0 Å². The summed E-state index contributed by atoms with van der Waals surface area (Å²) < 4.78 is 15.4. The van der Waals surface area contributed by atoms with Gasteiger partial charge in [-0.25, -0.2) is 0 Å². The van der Waals surface area contributed by atoms with Gasteiger partial charge in [-0.2, -0.15) is 0 Å². The van der Waals surface area contributed by atoms with Gasteiger partial charge in [0, 0.05) is 19.6 Å². The normalized spacial score (nSPS) is 13.0. The monoisotopic (exact) mass is 339 g/mol.